The Bertz CT molecular complexity index is 719. The zero-order valence-corrected chi connectivity index (χ0v) is 11.4. The summed E-state index contributed by atoms with van der Waals surface area (Å²) in [6, 6.07) is 22.5. The number of nitrogens with two attached hydrogens (primary N) is 1. The first-order valence-electron chi connectivity index (χ1n) is 6.66. The van der Waals surface area contributed by atoms with E-state index in [-0.39, 0.29) is 6.04 Å². The van der Waals surface area contributed by atoms with Gasteiger partial charge in [-0.05, 0) is 40.1 Å². The maximum Gasteiger partial charge on any atom is 0.118 e. The summed E-state index contributed by atoms with van der Waals surface area (Å²) in [4.78, 5) is 0. The van der Waals surface area contributed by atoms with E-state index in [9.17, 15) is 0 Å². The first-order valence-corrected chi connectivity index (χ1v) is 6.66. The van der Waals surface area contributed by atoms with E-state index in [4.69, 9.17) is 10.5 Å². The molecule has 0 aliphatic rings. The summed E-state index contributed by atoms with van der Waals surface area (Å²) < 4.78 is 5.17. The molecule has 1 unspecified atom stereocenters. The minimum Gasteiger partial charge on any atom is -0.497 e. The molecule has 20 heavy (non-hydrogen) atoms. The molecule has 0 heterocycles. The van der Waals surface area contributed by atoms with Crippen molar-refractivity contribution in [2.75, 3.05) is 7.11 Å². The predicted molar refractivity (Wildman–Crippen MR) is 83.0 cm³/mol. The van der Waals surface area contributed by atoms with Crippen molar-refractivity contribution in [1.82, 2.24) is 0 Å². The Hall–Kier alpha value is -2.32. The van der Waals surface area contributed by atoms with Gasteiger partial charge in [-0.2, -0.15) is 0 Å². The number of rotatable bonds is 3. The van der Waals surface area contributed by atoms with Crippen molar-refractivity contribution in [2.24, 2.45) is 5.73 Å². The van der Waals surface area contributed by atoms with Crippen LogP contribution in [-0.2, 0) is 0 Å². The van der Waals surface area contributed by atoms with Crippen molar-refractivity contribution in [1.29, 1.82) is 0 Å². The average molecular weight is 263 g/mol. The van der Waals surface area contributed by atoms with Gasteiger partial charge in [-0.25, -0.2) is 0 Å². The Kier molecular flexibility index (Phi) is 3.40. The SMILES string of the molecule is COc1ccc(C(N)c2ccc3ccccc3c2)cc1. The molecule has 3 aromatic carbocycles. The van der Waals surface area contributed by atoms with Crippen LogP contribution < -0.4 is 10.5 Å². The zero-order valence-electron chi connectivity index (χ0n) is 11.4. The van der Waals surface area contributed by atoms with Crippen LogP contribution in [0.25, 0.3) is 10.8 Å². The highest BCUT2D eigenvalue weighted by Crippen LogP contribution is 2.25. The van der Waals surface area contributed by atoms with Crippen LogP contribution in [0.15, 0.2) is 66.7 Å². The molecule has 0 amide bonds. The fraction of sp³-hybridized carbons (Fsp3) is 0.111. The Morgan fingerprint density at radius 3 is 2.15 bits per heavy atom. The van der Waals surface area contributed by atoms with Crippen molar-refractivity contribution in [3.05, 3.63) is 77.9 Å². The van der Waals surface area contributed by atoms with E-state index in [1.165, 1.54) is 10.8 Å². The maximum absolute atomic E-state index is 6.36. The van der Waals surface area contributed by atoms with Gasteiger partial charge in [0.15, 0.2) is 0 Å². The molecule has 0 aliphatic heterocycles. The smallest absolute Gasteiger partial charge is 0.118 e. The van der Waals surface area contributed by atoms with Crippen LogP contribution in [0.1, 0.15) is 17.2 Å². The van der Waals surface area contributed by atoms with Gasteiger partial charge < -0.3 is 10.5 Å². The molecule has 0 bridgehead atoms. The molecule has 2 N–H and O–H groups in total. The molecular weight excluding hydrogens is 246 g/mol. The summed E-state index contributed by atoms with van der Waals surface area (Å²) in [6.45, 7) is 0. The summed E-state index contributed by atoms with van der Waals surface area (Å²) in [5, 5.41) is 2.45. The van der Waals surface area contributed by atoms with Crippen molar-refractivity contribution in [3.63, 3.8) is 0 Å². The van der Waals surface area contributed by atoms with Crippen molar-refractivity contribution < 1.29 is 4.74 Å². The Balaban J connectivity index is 1.96. The molecule has 1 atom stereocenters. The fourth-order valence-electron chi connectivity index (χ4n) is 2.40. The molecular formula is C18H17NO. The molecule has 0 fully saturated rings. The molecule has 100 valence electrons. The lowest BCUT2D eigenvalue weighted by Crippen LogP contribution is -2.11. The molecule has 0 radical (unpaired) electrons. The minimum atomic E-state index is -0.120. The molecule has 2 heteroatoms. The van der Waals surface area contributed by atoms with E-state index >= 15 is 0 Å². The summed E-state index contributed by atoms with van der Waals surface area (Å²) in [7, 11) is 1.66. The van der Waals surface area contributed by atoms with Crippen LogP contribution in [0.5, 0.6) is 5.75 Å². The lowest BCUT2D eigenvalue weighted by Gasteiger charge is -2.14. The van der Waals surface area contributed by atoms with Crippen LogP contribution in [-0.4, -0.2) is 7.11 Å². The first-order chi connectivity index (χ1) is 9.78. The molecule has 0 aliphatic carbocycles. The highest BCUT2D eigenvalue weighted by atomic mass is 16.5. The third-order valence-electron chi connectivity index (χ3n) is 3.61. The monoisotopic (exact) mass is 263 g/mol. The number of ether oxygens (including phenoxy) is 1. The molecule has 2 nitrogen and oxygen atoms in total. The molecule has 3 aromatic rings. The van der Waals surface area contributed by atoms with E-state index < -0.39 is 0 Å². The van der Waals surface area contributed by atoms with E-state index in [0.717, 1.165) is 16.9 Å². The topological polar surface area (TPSA) is 35.2 Å². The number of benzene rings is 3. The van der Waals surface area contributed by atoms with Gasteiger partial charge in [0.05, 0.1) is 13.2 Å². The van der Waals surface area contributed by atoms with E-state index in [1.54, 1.807) is 7.11 Å². The van der Waals surface area contributed by atoms with E-state index in [1.807, 2.05) is 36.4 Å². The molecule has 0 saturated carbocycles. The highest BCUT2D eigenvalue weighted by Gasteiger charge is 2.09. The normalized spacial score (nSPS) is 12.3. The van der Waals surface area contributed by atoms with Crippen molar-refractivity contribution in [3.8, 4) is 5.75 Å². The van der Waals surface area contributed by atoms with Gasteiger partial charge in [-0.1, -0.05) is 48.5 Å². The van der Waals surface area contributed by atoms with Gasteiger partial charge >= 0.3 is 0 Å². The molecule has 3 rings (SSSR count). The Morgan fingerprint density at radius 1 is 0.800 bits per heavy atom. The second-order valence-corrected chi connectivity index (χ2v) is 4.86. The maximum atomic E-state index is 6.36. The van der Waals surface area contributed by atoms with Crippen LogP contribution in [0, 0.1) is 0 Å². The zero-order chi connectivity index (χ0) is 13.9. The first kappa shape index (κ1) is 12.7. The van der Waals surface area contributed by atoms with Crippen LogP contribution in [0.4, 0.5) is 0 Å². The Labute approximate surface area is 118 Å². The quantitative estimate of drug-likeness (QED) is 0.778. The van der Waals surface area contributed by atoms with Crippen LogP contribution in [0.3, 0.4) is 0 Å². The standard InChI is InChI=1S/C18H17NO/c1-20-17-10-8-14(9-11-17)18(19)16-7-6-13-4-2-3-5-15(13)12-16/h2-12,18H,19H2,1H3. The van der Waals surface area contributed by atoms with Crippen molar-refractivity contribution >= 4 is 10.8 Å². The minimum absolute atomic E-state index is 0.120. The Morgan fingerprint density at radius 2 is 1.45 bits per heavy atom. The van der Waals surface area contributed by atoms with Gasteiger partial charge in [0.2, 0.25) is 0 Å². The predicted octanol–water partition coefficient (Wildman–Crippen LogP) is 3.90. The van der Waals surface area contributed by atoms with E-state index in [2.05, 4.69) is 30.3 Å². The third-order valence-corrected chi connectivity index (χ3v) is 3.61. The van der Waals surface area contributed by atoms with Crippen LogP contribution in [0.2, 0.25) is 0 Å². The van der Waals surface area contributed by atoms with E-state index in [0.29, 0.717) is 0 Å². The summed E-state index contributed by atoms with van der Waals surface area (Å²) in [5.41, 5.74) is 8.56. The van der Waals surface area contributed by atoms with Gasteiger partial charge in [-0.15, -0.1) is 0 Å². The largest absolute Gasteiger partial charge is 0.497 e. The molecule has 0 aromatic heterocycles. The molecule has 0 saturated heterocycles. The third kappa shape index (κ3) is 2.38. The average Bonchev–Trinajstić information content (AvgIpc) is 2.54. The number of hydrogen-bond donors (Lipinski definition) is 1. The van der Waals surface area contributed by atoms with Gasteiger partial charge in [0.25, 0.3) is 0 Å². The van der Waals surface area contributed by atoms with Gasteiger partial charge in [0.1, 0.15) is 5.75 Å². The van der Waals surface area contributed by atoms with Crippen molar-refractivity contribution in [2.45, 2.75) is 6.04 Å². The number of fused-ring (bicyclic) bond motifs is 1. The lowest BCUT2D eigenvalue weighted by atomic mass is 9.97. The number of hydrogen-bond acceptors (Lipinski definition) is 2. The summed E-state index contributed by atoms with van der Waals surface area (Å²) in [5.74, 6) is 0.847. The molecule has 0 spiro atoms. The summed E-state index contributed by atoms with van der Waals surface area (Å²) >= 11 is 0. The van der Waals surface area contributed by atoms with Gasteiger partial charge in [-0.3, -0.25) is 0 Å². The van der Waals surface area contributed by atoms with Gasteiger partial charge in [0, 0.05) is 0 Å². The number of methoxy groups -OCH3 is 1. The van der Waals surface area contributed by atoms with Crippen LogP contribution >= 0.6 is 0 Å². The fourth-order valence-corrected chi connectivity index (χ4v) is 2.40. The summed E-state index contributed by atoms with van der Waals surface area (Å²) in [6.07, 6.45) is 0. The highest BCUT2D eigenvalue weighted by molar-refractivity contribution is 5.83. The second kappa shape index (κ2) is 5.35. The lowest BCUT2D eigenvalue weighted by molar-refractivity contribution is 0.414. The second-order valence-electron chi connectivity index (χ2n) is 4.86.